The van der Waals surface area contributed by atoms with Gasteiger partial charge in [0.25, 0.3) is 0 Å². The van der Waals surface area contributed by atoms with Crippen molar-refractivity contribution < 1.29 is 29.2 Å². The number of rotatable bonds is 3. The monoisotopic (exact) mass is 583 g/mol. The fourth-order valence-corrected chi connectivity index (χ4v) is 9.92. The summed E-state index contributed by atoms with van der Waals surface area (Å²) in [6.45, 7) is 5.69. The number of halogens is 1. The summed E-state index contributed by atoms with van der Waals surface area (Å²) < 4.78 is 15.5. The fraction of sp³-hybridized carbons (Fsp3) is 0.633. The molecular weight excluding hydrogens is 548 g/mol. The number of hydrogen-bond donors (Lipinski definition) is 2. The number of carbonyl (C=O) groups is 1. The molecule has 0 aromatic heterocycles. The first-order chi connectivity index (χ1) is 18.1. The lowest BCUT2D eigenvalue weighted by molar-refractivity contribution is -0.437. The number of nitrogens with zero attached hydrogens (tertiary/aromatic N) is 2. The van der Waals surface area contributed by atoms with E-state index in [1.54, 1.807) is 0 Å². The summed E-state index contributed by atoms with van der Waals surface area (Å²) >= 11 is 3.51. The van der Waals surface area contributed by atoms with Gasteiger partial charge in [-0.1, -0.05) is 40.0 Å². The Kier molecular flexibility index (Phi) is 5.59. The van der Waals surface area contributed by atoms with Crippen LogP contribution in [-0.2, 0) is 14.3 Å². The first kappa shape index (κ1) is 25.3. The molecule has 7 nitrogen and oxygen atoms in total. The summed E-state index contributed by atoms with van der Waals surface area (Å²) in [5, 5.41) is 26.8. The molecule has 4 fully saturated rings. The average molecular weight is 585 g/mol. The van der Waals surface area contributed by atoms with E-state index >= 15 is 0 Å². The van der Waals surface area contributed by atoms with Crippen molar-refractivity contribution in [1.82, 2.24) is 0 Å². The number of ketones is 1. The standard InChI is InChI=1S/C30H36BrN2O5/c1-16-37-26-11-22-21-9-4-18-10-23-17(14-33(32-23)20-7-5-19(31)6-8-20)12-28(18,2)27(21)24(35)13-29(22,3)30(26,38-16)25(36)15-34/h5-8,10,14,16-17,21-22,24,26-27,34-35H,4,9,11-13,15H2,1-3H3/q+1/t16?,17?,21-,22-,24-,26+,27+,28-,29-,30+/m0/s1. The number of benzene rings is 1. The normalized spacial score (nSPS) is 46.7. The number of Topliss-reactive ketones (excluding diaryl/α,β-unsaturated/α-hetero) is 1. The summed E-state index contributed by atoms with van der Waals surface area (Å²) in [4.78, 5) is 13.3. The molecule has 6 aliphatic rings. The van der Waals surface area contributed by atoms with Gasteiger partial charge in [0.1, 0.15) is 12.3 Å². The van der Waals surface area contributed by atoms with Crippen molar-refractivity contribution in [1.29, 1.82) is 0 Å². The van der Waals surface area contributed by atoms with Crippen LogP contribution >= 0.6 is 15.9 Å². The fourth-order valence-electron chi connectivity index (χ4n) is 9.66. The number of ether oxygens (including phenoxy) is 2. The quantitative estimate of drug-likeness (QED) is 0.516. The molecule has 1 saturated heterocycles. The Labute approximate surface area is 231 Å². The molecule has 8 heteroatoms. The maximum Gasteiger partial charge on any atom is 0.237 e. The Bertz CT molecular complexity index is 1290. The maximum atomic E-state index is 13.3. The molecule has 0 bridgehead atoms. The van der Waals surface area contributed by atoms with Crippen LogP contribution in [0.2, 0.25) is 0 Å². The maximum absolute atomic E-state index is 13.3. The van der Waals surface area contributed by atoms with Crippen LogP contribution in [0.25, 0.3) is 0 Å². The third-order valence-corrected chi connectivity index (χ3v) is 11.6. The topological polar surface area (TPSA) is 91.4 Å². The predicted octanol–water partition coefficient (Wildman–Crippen LogP) is 4.36. The van der Waals surface area contributed by atoms with E-state index in [9.17, 15) is 15.0 Å². The van der Waals surface area contributed by atoms with Crippen LogP contribution < -0.4 is 0 Å². The molecule has 2 unspecified atom stereocenters. The molecule has 10 atom stereocenters. The number of carbonyl (C=O) groups excluding carboxylic acids is 1. The second-order valence-electron chi connectivity index (χ2n) is 12.8. The predicted molar refractivity (Wildman–Crippen MR) is 145 cm³/mol. The molecule has 0 spiro atoms. The van der Waals surface area contributed by atoms with Crippen molar-refractivity contribution >= 4 is 39.3 Å². The second kappa shape index (κ2) is 8.40. The molecule has 38 heavy (non-hydrogen) atoms. The molecule has 1 aromatic carbocycles. The lowest BCUT2D eigenvalue weighted by Gasteiger charge is -2.60. The van der Waals surface area contributed by atoms with E-state index in [0.29, 0.717) is 6.42 Å². The van der Waals surface area contributed by atoms with Crippen LogP contribution in [0.3, 0.4) is 0 Å². The Morgan fingerprint density at radius 3 is 2.74 bits per heavy atom. The second-order valence-corrected chi connectivity index (χ2v) is 13.7. The molecule has 7 rings (SSSR count). The summed E-state index contributed by atoms with van der Waals surface area (Å²) in [7, 11) is 0. The summed E-state index contributed by atoms with van der Waals surface area (Å²) in [5.41, 5.74) is 1.61. The van der Waals surface area contributed by atoms with E-state index in [-0.39, 0.29) is 41.0 Å². The van der Waals surface area contributed by atoms with E-state index in [1.807, 2.05) is 23.7 Å². The summed E-state index contributed by atoms with van der Waals surface area (Å²) in [5.74, 6) is 0.422. The van der Waals surface area contributed by atoms with Crippen molar-refractivity contribution in [2.75, 3.05) is 6.61 Å². The average Bonchev–Trinajstić information content (AvgIpc) is 3.50. The lowest BCUT2D eigenvalue weighted by atomic mass is 9.44. The van der Waals surface area contributed by atoms with Gasteiger partial charge >= 0.3 is 0 Å². The van der Waals surface area contributed by atoms with Crippen LogP contribution in [0.4, 0.5) is 5.69 Å². The van der Waals surface area contributed by atoms with Gasteiger partial charge in [0.05, 0.1) is 18.1 Å². The third-order valence-electron chi connectivity index (χ3n) is 11.1. The van der Waals surface area contributed by atoms with E-state index in [0.717, 1.165) is 41.6 Å². The molecule has 3 saturated carbocycles. The highest BCUT2D eigenvalue weighted by Gasteiger charge is 2.75. The van der Waals surface area contributed by atoms with Crippen LogP contribution in [-0.4, -0.2) is 63.3 Å². The van der Waals surface area contributed by atoms with Gasteiger partial charge in [-0.25, -0.2) is 0 Å². The Hall–Kier alpha value is -1.71. The van der Waals surface area contributed by atoms with Crippen molar-refractivity contribution in [3.8, 4) is 0 Å². The highest BCUT2D eigenvalue weighted by molar-refractivity contribution is 9.10. The zero-order valence-electron chi connectivity index (χ0n) is 22.1. The highest BCUT2D eigenvalue weighted by Crippen LogP contribution is 2.70. The highest BCUT2D eigenvalue weighted by atomic mass is 79.9. The summed E-state index contributed by atoms with van der Waals surface area (Å²) in [6, 6.07) is 8.20. The minimum atomic E-state index is -1.19. The Balaban J connectivity index is 1.23. The SMILES string of the molecule is CC1O[C@@H]2C[C@H]3[C@@H]4CCC5=CC6=N[N+](c7ccc(Br)cc7)=CC6C[C@]5(C)[C@H]4[C@@H](O)C[C@]3(C)[C@]2(C(=O)CO)O1. The number of aliphatic hydroxyl groups is 2. The molecule has 0 radical (unpaired) electrons. The van der Waals surface area contributed by atoms with Gasteiger partial charge in [-0.05, 0) is 80.4 Å². The molecule has 2 aliphatic heterocycles. The van der Waals surface area contributed by atoms with Gasteiger partial charge in [-0.3, -0.25) is 4.79 Å². The molecule has 2 heterocycles. The zero-order valence-corrected chi connectivity index (χ0v) is 23.7. The van der Waals surface area contributed by atoms with Crippen LogP contribution in [0.1, 0.15) is 52.9 Å². The first-order valence-corrected chi connectivity index (χ1v) is 14.7. The van der Waals surface area contributed by atoms with Crippen molar-refractivity contribution in [3.05, 3.63) is 40.4 Å². The molecule has 1 aromatic rings. The smallest absolute Gasteiger partial charge is 0.237 e. The van der Waals surface area contributed by atoms with Gasteiger partial charge in [0.2, 0.25) is 5.69 Å². The van der Waals surface area contributed by atoms with Crippen LogP contribution in [0, 0.1) is 34.5 Å². The molecule has 0 amide bonds. The number of hydrogen-bond acceptors (Lipinski definition) is 6. The van der Waals surface area contributed by atoms with E-state index in [4.69, 9.17) is 14.6 Å². The molecule has 4 aliphatic carbocycles. The van der Waals surface area contributed by atoms with Gasteiger partial charge in [0, 0.05) is 27.1 Å². The van der Waals surface area contributed by atoms with Gasteiger partial charge < -0.3 is 19.7 Å². The van der Waals surface area contributed by atoms with Crippen LogP contribution in [0.5, 0.6) is 0 Å². The number of hydrazone groups is 1. The van der Waals surface area contributed by atoms with Crippen LogP contribution in [0.15, 0.2) is 45.5 Å². The lowest BCUT2D eigenvalue weighted by Crippen LogP contribution is -2.64. The number of fused-ring (bicyclic) bond motifs is 8. The van der Waals surface area contributed by atoms with Crippen molar-refractivity contribution in [3.63, 3.8) is 0 Å². The molecule has 202 valence electrons. The minimum Gasteiger partial charge on any atom is -0.393 e. The van der Waals surface area contributed by atoms with Gasteiger partial charge in [-0.15, -0.1) is 0 Å². The Morgan fingerprint density at radius 1 is 1.24 bits per heavy atom. The minimum absolute atomic E-state index is 0.0924. The summed E-state index contributed by atoms with van der Waals surface area (Å²) in [6.07, 6.45) is 7.12. The Morgan fingerprint density at radius 2 is 2.00 bits per heavy atom. The van der Waals surface area contributed by atoms with E-state index in [2.05, 4.69) is 54.2 Å². The first-order valence-electron chi connectivity index (χ1n) is 14.0. The third kappa shape index (κ3) is 3.18. The van der Waals surface area contributed by atoms with Gasteiger partial charge in [-0.2, -0.15) is 0 Å². The molecular formula is C30H36BrN2O5+. The van der Waals surface area contributed by atoms with E-state index in [1.165, 1.54) is 5.57 Å². The van der Waals surface area contributed by atoms with Crippen molar-refractivity contribution in [2.24, 2.45) is 39.6 Å². The zero-order chi connectivity index (χ0) is 26.6. The van der Waals surface area contributed by atoms with Gasteiger partial charge in [0.15, 0.2) is 23.9 Å². The number of aliphatic hydroxyl groups excluding tert-OH is 2. The van der Waals surface area contributed by atoms with Crippen molar-refractivity contribution in [2.45, 2.75) is 77.0 Å². The number of allylic oxidation sites excluding steroid dienone is 2. The van der Waals surface area contributed by atoms with E-state index < -0.39 is 30.0 Å². The molecule has 2 N–H and O–H groups in total. The largest absolute Gasteiger partial charge is 0.393 e.